The summed E-state index contributed by atoms with van der Waals surface area (Å²) in [5.74, 6) is -2.02. The number of alkyl halides is 3. The number of anilines is 1. The van der Waals surface area contributed by atoms with Crippen LogP contribution in [-0.4, -0.2) is 34.1 Å². The average Bonchev–Trinajstić information content (AvgIpc) is 2.64. The van der Waals surface area contributed by atoms with Gasteiger partial charge in [-0.15, -0.1) is 12.4 Å². The number of aromatic nitrogens is 1. The van der Waals surface area contributed by atoms with E-state index < -0.39 is 23.5 Å². The molecule has 1 fully saturated rings. The van der Waals surface area contributed by atoms with E-state index in [1.807, 2.05) is 0 Å². The Hall–Kier alpha value is -1.50. The molecule has 4 nitrogen and oxygen atoms in total. The van der Waals surface area contributed by atoms with Crippen molar-refractivity contribution in [1.82, 2.24) is 9.88 Å². The lowest BCUT2D eigenvalue weighted by Crippen LogP contribution is -2.49. The Kier molecular flexibility index (Phi) is 4.77. The Morgan fingerprint density at radius 1 is 1.43 bits per heavy atom. The van der Waals surface area contributed by atoms with Crippen molar-refractivity contribution in [2.45, 2.75) is 32.0 Å². The summed E-state index contributed by atoms with van der Waals surface area (Å²) in [6.45, 7) is 2.95. The van der Waals surface area contributed by atoms with Crippen molar-refractivity contribution >= 4 is 24.0 Å². The lowest BCUT2D eigenvalue weighted by Gasteiger charge is -2.36. The molecule has 21 heavy (non-hydrogen) atoms. The number of carbonyl (C=O) groups is 1. The molecule has 118 valence electrons. The van der Waals surface area contributed by atoms with Crippen LogP contribution in [0.3, 0.4) is 0 Å². The number of likely N-dealkylation sites (tertiary alicyclic amines) is 1. The highest BCUT2D eigenvalue weighted by molar-refractivity contribution is 5.93. The smallest absolute Gasteiger partial charge is 0.394 e. The first-order valence-electron chi connectivity index (χ1n) is 6.24. The molecular formula is C13H17ClF3N3O. The summed E-state index contributed by atoms with van der Waals surface area (Å²) < 4.78 is 38.9. The number of carbonyl (C=O) groups excluding carboxylic acids is 1. The zero-order chi connectivity index (χ0) is 15.1. The van der Waals surface area contributed by atoms with Crippen LogP contribution in [0, 0.1) is 5.92 Å². The number of hydrogen-bond acceptors (Lipinski definition) is 3. The van der Waals surface area contributed by atoms with Crippen LogP contribution in [0.25, 0.3) is 0 Å². The summed E-state index contributed by atoms with van der Waals surface area (Å²) in [6.07, 6.45) is -3.08. The second-order valence-corrected chi connectivity index (χ2v) is 5.47. The van der Waals surface area contributed by atoms with Crippen LogP contribution in [0.4, 0.5) is 18.9 Å². The van der Waals surface area contributed by atoms with Crippen molar-refractivity contribution in [3.8, 4) is 0 Å². The van der Waals surface area contributed by atoms with Crippen molar-refractivity contribution in [3.05, 3.63) is 24.0 Å². The number of nitrogen functional groups attached to an aromatic ring is 1. The molecule has 0 spiro atoms. The van der Waals surface area contributed by atoms with Gasteiger partial charge in [0.1, 0.15) is 5.69 Å². The van der Waals surface area contributed by atoms with Gasteiger partial charge in [-0.3, -0.25) is 4.79 Å². The van der Waals surface area contributed by atoms with E-state index in [2.05, 4.69) is 4.98 Å². The maximum absolute atomic E-state index is 13.0. The highest BCUT2D eigenvalue weighted by atomic mass is 35.5. The first-order chi connectivity index (χ1) is 9.14. The molecule has 2 N–H and O–H groups in total. The number of halogens is 4. The van der Waals surface area contributed by atoms with Gasteiger partial charge in [-0.25, -0.2) is 4.98 Å². The Morgan fingerprint density at radius 2 is 2.05 bits per heavy atom. The number of rotatable bonds is 1. The quantitative estimate of drug-likeness (QED) is 0.864. The van der Waals surface area contributed by atoms with Crippen LogP contribution in [0.2, 0.25) is 0 Å². The van der Waals surface area contributed by atoms with E-state index in [1.54, 1.807) is 0 Å². The predicted molar refractivity (Wildman–Crippen MR) is 75.2 cm³/mol. The average molecular weight is 324 g/mol. The lowest BCUT2D eigenvalue weighted by molar-refractivity contribution is -0.189. The summed E-state index contributed by atoms with van der Waals surface area (Å²) >= 11 is 0. The fourth-order valence-electron chi connectivity index (χ4n) is 2.69. The van der Waals surface area contributed by atoms with E-state index >= 15 is 0 Å². The molecule has 0 aliphatic carbocycles. The second-order valence-electron chi connectivity index (χ2n) is 5.47. The van der Waals surface area contributed by atoms with Gasteiger partial charge in [-0.05, 0) is 32.4 Å². The van der Waals surface area contributed by atoms with Gasteiger partial charge in [0, 0.05) is 12.1 Å². The van der Waals surface area contributed by atoms with Crippen LogP contribution >= 0.6 is 12.4 Å². The minimum absolute atomic E-state index is 0. The standard InChI is InChI=1S/C13H16F3N3O.ClH/c1-12(2)10(13(14,15)16)5-6-19(12)11(20)9-4-3-8(17)7-18-9;/h3-4,7,10H,5-6,17H2,1-2H3;1H. The van der Waals surface area contributed by atoms with Crippen molar-refractivity contribution in [1.29, 1.82) is 0 Å². The fraction of sp³-hybridized carbons (Fsp3) is 0.538. The second kappa shape index (κ2) is 5.71. The third kappa shape index (κ3) is 3.23. The molecule has 2 rings (SSSR count). The maximum Gasteiger partial charge on any atom is 0.394 e. The molecule has 0 aromatic carbocycles. The van der Waals surface area contributed by atoms with Gasteiger partial charge in [0.2, 0.25) is 0 Å². The molecule has 8 heteroatoms. The van der Waals surface area contributed by atoms with Crippen LogP contribution in [-0.2, 0) is 0 Å². The van der Waals surface area contributed by atoms with E-state index in [4.69, 9.17) is 5.73 Å². The maximum atomic E-state index is 13.0. The van der Waals surface area contributed by atoms with E-state index in [1.165, 1.54) is 37.1 Å². The Balaban J connectivity index is 0.00000220. The number of nitrogens with zero attached hydrogens (tertiary/aromatic N) is 2. The highest BCUT2D eigenvalue weighted by Crippen LogP contribution is 2.45. The lowest BCUT2D eigenvalue weighted by atomic mass is 9.88. The van der Waals surface area contributed by atoms with Crippen LogP contribution in [0.1, 0.15) is 30.8 Å². The van der Waals surface area contributed by atoms with Crippen LogP contribution in [0.15, 0.2) is 18.3 Å². The third-order valence-corrected chi connectivity index (χ3v) is 3.84. The van der Waals surface area contributed by atoms with Gasteiger partial charge in [-0.2, -0.15) is 13.2 Å². The van der Waals surface area contributed by atoms with E-state index in [-0.39, 0.29) is 31.1 Å². The SMILES string of the molecule is CC1(C)C(C(F)(F)F)CCN1C(=O)c1ccc(N)cn1.Cl. The fourth-order valence-corrected chi connectivity index (χ4v) is 2.69. The zero-order valence-corrected chi connectivity index (χ0v) is 12.5. The molecule has 1 aromatic heterocycles. The molecule has 1 unspecified atom stereocenters. The molecule has 0 saturated carbocycles. The molecule has 2 heterocycles. The van der Waals surface area contributed by atoms with Gasteiger partial charge >= 0.3 is 6.18 Å². The molecule has 1 aromatic rings. The number of nitrogens with two attached hydrogens (primary N) is 1. The topological polar surface area (TPSA) is 59.2 Å². The highest BCUT2D eigenvalue weighted by Gasteiger charge is 2.56. The van der Waals surface area contributed by atoms with Gasteiger partial charge < -0.3 is 10.6 Å². The van der Waals surface area contributed by atoms with Gasteiger partial charge in [-0.1, -0.05) is 0 Å². The summed E-state index contributed by atoms with van der Waals surface area (Å²) in [6, 6.07) is 2.93. The molecule has 0 bridgehead atoms. The first-order valence-corrected chi connectivity index (χ1v) is 6.24. The van der Waals surface area contributed by atoms with Gasteiger partial charge in [0.25, 0.3) is 5.91 Å². The molecule has 1 aliphatic heterocycles. The number of amides is 1. The Morgan fingerprint density at radius 3 is 2.48 bits per heavy atom. The number of pyridine rings is 1. The summed E-state index contributed by atoms with van der Waals surface area (Å²) in [7, 11) is 0. The summed E-state index contributed by atoms with van der Waals surface area (Å²) in [4.78, 5) is 17.4. The third-order valence-electron chi connectivity index (χ3n) is 3.84. The van der Waals surface area contributed by atoms with Crippen molar-refractivity contribution in [2.24, 2.45) is 5.92 Å². The summed E-state index contributed by atoms with van der Waals surface area (Å²) in [5, 5.41) is 0. The van der Waals surface area contributed by atoms with Crippen molar-refractivity contribution in [2.75, 3.05) is 12.3 Å². The molecule has 1 atom stereocenters. The van der Waals surface area contributed by atoms with E-state index in [0.29, 0.717) is 5.69 Å². The van der Waals surface area contributed by atoms with E-state index in [9.17, 15) is 18.0 Å². The van der Waals surface area contributed by atoms with Crippen molar-refractivity contribution in [3.63, 3.8) is 0 Å². The first kappa shape index (κ1) is 17.6. The van der Waals surface area contributed by atoms with Gasteiger partial charge in [0.15, 0.2) is 0 Å². The minimum atomic E-state index is -4.31. The van der Waals surface area contributed by atoms with Gasteiger partial charge in [0.05, 0.1) is 17.8 Å². The molecule has 1 saturated heterocycles. The molecule has 1 aliphatic rings. The molecule has 0 radical (unpaired) electrons. The van der Waals surface area contributed by atoms with E-state index in [0.717, 1.165) is 0 Å². The predicted octanol–water partition coefficient (Wildman–Crippen LogP) is 2.89. The Labute approximate surface area is 126 Å². The normalized spacial score (nSPS) is 21.0. The minimum Gasteiger partial charge on any atom is -0.397 e. The number of hydrogen-bond donors (Lipinski definition) is 1. The zero-order valence-electron chi connectivity index (χ0n) is 11.6. The summed E-state index contributed by atoms with van der Waals surface area (Å²) in [5.41, 5.74) is 4.70. The Bertz CT molecular complexity index is 516. The van der Waals surface area contributed by atoms with Crippen LogP contribution < -0.4 is 5.73 Å². The molecular weight excluding hydrogens is 307 g/mol. The molecule has 1 amide bonds. The van der Waals surface area contributed by atoms with Crippen molar-refractivity contribution < 1.29 is 18.0 Å². The van der Waals surface area contributed by atoms with Crippen LogP contribution in [0.5, 0.6) is 0 Å². The largest absolute Gasteiger partial charge is 0.397 e. The monoisotopic (exact) mass is 323 g/mol.